The van der Waals surface area contributed by atoms with Crippen LogP contribution in [0.25, 0.3) is 0 Å². The molecule has 0 aliphatic heterocycles. The first kappa shape index (κ1) is 19.2. The molecule has 1 atom stereocenters. The topological polar surface area (TPSA) is 70.2 Å². The van der Waals surface area contributed by atoms with Crippen molar-refractivity contribution in [2.75, 3.05) is 6.54 Å². The van der Waals surface area contributed by atoms with E-state index in [-0.39, 0.29) is 29.8 Å². The van der Waals surface area contributed by atoms with Crippen LogP contribution in [0.4, 0.5) is 9.18 Å². The Morgan fingerprint density at radius 1 is 1.16 bits per heavy atom. The second kappa shape index (κ2) is 10.0. The summed E-state index contributed by atoms with van der Waals surface area (Å²) in [5.74, 6) is -0.369. The van der Waals surface area contributed by atoms with Crippen LogP contribution in [-0.2, 0) is 4.79 Å². The average molecular weight is 349 g/mol. The fourth-order valence-corrected chi connectivity index (χ4v) is 3.08. The van der Waals surface area contributed by atoms with Crippen molar-refractivity contribution in [3.63, 3.8) is 0 Å². The number of urea groups is 1. The van der Waals surface area contributed by atoms with Gasteiger partial charge in [0.25, 0.3) is 0 Å². The molecular formula is C19H28FN3O2. The number of amides is 3. The molecule has 0 heterocycles. The molecule has 1 aromatic rings. The molecule has 0 aromatic heterocycles. The van der Waals surface area contributed by atoms with Gasteiger partial charge in [0.15, 0.2) is 0 Å². The Morgan fingerprint density at radius 3 is 2.52 bits per heavy atom. The van der Waals surface area contributed by atoms with E-state index >= 15 is 0 Å². The molecule has 0 radical (unpaired) electrons. The Balaban J connectivity index is 1.58. The summed E-state index contributed by atoms with van der Waals surface area (Å²) in [7, 11) is 0. The van der Waals surface area contributed by atoms with Gasteiger partial charge in [0.05, 0.1) is 6.04 Å². The smallest absolute Gasteiger partial charge is 0.315 e. The summed E-state index contributed by atoms with van der Waals surface area (Å²) >= 11 is 0. The van der Waals surface area contributed by atoms with E-state index < -0.39 is 0 Å². The third-order valence-corrected chi connectivity index (χ3v) is 4.55. The second-order valence-electron chi connectivity index (χ2n) is 6.68. The Bertz CT molecular complexity index is 556. The predicted octanol–water partition coefficient (Wildman–Crippen LogP) is 3.42. The van der Waals surface area contributed by atoms with Crippen molar-refractivity contribution in [3.8, 4) is 0 Å². The lowest BCUT2D eigenvalue weighted by molar-refractivity contribution is -0.121. The van der Waals surface area contributed by atoms with Crippen LogP contribution in [0.2, 0.25) is 0 Å². The van der Waals surface area contributed by atoms with Crippen molar-refractivity contribution < 1.29 is 14.0 Å². The lowest BCUT2D eigenvalue weighted by Gasteiger charge is -2.22. The van der Waals surface area contributed by atoms with Gasteiger partial charge in [-0.1, -0.05) is 31.4 Å². The SMILES string of the molecule is CC(NC(=O)CCCNC(=O)NC1CCCCC1)c1ccc(F)cc1. The van der Waals surface area contributed by atoms with Crippen LogP contribution in [0.1, 0.15) is 63.5 Å². The first-order valence-electron chi connectivity index (χ1n) is 9.14. The predicted molar refractivity (Wildman–Crippen MR) is 95.6 cm³/mol. The number of halogens is 1. The maximum atomic E-state index is 12.9. The van der Waals surface area contributed by atoms with Crippen molar-refractivity contribution >= 4 is 11.9 Å². The number of carbonyl (C=O) groups excluding carboxylic acids is 2. The molecular weight excluding hydrogens is 321 g/mol. The molecule has 25 heavy (non-hydrogen) atoms. The van der Waals surface area contributed by atoms with Crippen LogP contribution < -0.4 is 16.0 Å². The van der Waals surface area contributed by atoms with Crippen LogP contribution in [0, 0.1) is 5.82 Å². The van der Waals surface area contributed by atoms with Crippen molar-refractivity contribution in [1.29, 1.82) is 0 Å². The highest BCUT2D eigenvalue weighted by molar-refractivity contribution is 5.76. The third-order valence-electron chi connectivity index (χ3n) is 4.55. The van der Waals surface area contributed by atoms with Gasteiger partial charge >= 0.3 is 6.03 Å². The van der Waals surface area contributed by atoms with Gasteiger partial charge in [0.2, 0.25) is 5.91 Å². The highest BCUT2D eigenvalue weighted by Crippen LogP contribution is 2.17. The quantitative estimate of drug-likeness (QED) is 0.660. The minimum absolute atomic E-state index is 0.0775. The molecule has 0 saturated heterocycles. The number of hydrogen-bond acceptors (Lipinski definition) is 2. The summed E-state index contributed by atoms with van der Waals surface area (Å²) in [6.07, 6.45) is 6.64. The molecule has 0 bridgehead atoms. The molecule has 3 amide bonds. The molecule has 1 unspecified atom stereocenters. The fraction of sp³-hybridized carbons (Fsp3) is 0.579. The van der Waals surface area contributed by atoms with Gasteiger partial charge in [0.1, 0.15) is 5.82 Å². The van der Waals surface area contributed by atoms with Gasteiger partial charge in [-0.05, 0) is 43.9 Å². The maximum Gasteiger partial charge on any atom is 0.315 e. The van der Waals surface area contributed by atoms with E-state index in [0.717, 1.165) is 18.4 Å². The van der Waals surface area contributed by atoms with Gasteiger partial charge in [0, 0.05) is 19.0 Å². The lowest BCUT2D eigenvalue weighted by atomic mass is 9.96. The molecule has 2 rings (SSSR count). The van der Waals surface area contributed by atoms with Gasteiger partial charge in [-0.3, -0.25) is 4.79 Å². The molecule has 138 valence electrons. The summed E-state index contributed by atoms with van der Waals surface area (Å²) < 4.78 is 12.9. The van der Waals surface area contributed by atoms with E-state index in [0.29, 0.717) is 19.4 Å². The zero-order chi connectivity index (χ0) is 18.1. The first-order chi connectivity index (χ1) is 12.0. The summed E-state index contributed by atoms with van der Waals surface area (Å²) in [6, 6.07) is 6.06. The van der Waals surface area contributed by atoms with Gasteiger partial charge in [-0.25, -0.2) is 9.18 Å². The largest absolute Gasteiger partial charge is 0.350 e. The molecule has 1 aromatic carbocycles. The molecule has 1 fully saturated rings. The van der Waals surface area contributed by atoms with Gasteiger partial charge in [-0.15, -0.1) is 0 Å². The van der Waals surface area contributed by atoms with Crippen LogP contribution in [0.15, 0.2) is 24.3 Å². The Kier molecular flexibility index (Phi) is 7.70. The first-order valence-corrected chi connectivity index (χ1v) is 9.14. The van der Waals surface area contributed by atoms with E-state index in [1.165, 1.54) is 31.4 Å². The van der Waals surface area contributed by atoms with E-state index in [4.69, 9.17) is 0 Å². The molecule has 5 nitrogen and oxygen atoms in total. The number of hydrogen-bond donors (Lipinski definition) is 3. The summed E-state index contributed by atoms with van der Waals surface area (Å²) in [5, 5.41) is 8.67. The zero-order valence-electron chi connectivity index (χ0n) is 14.8. The van der Waals surface area contributed by atoms with Crippen LogP contribution in [0.5, 0.6) is 0 Å². The number of carbonyl (C=O) groups is 2. The minimum atomic E-state index is -0.292. The van der Waals surface area contributed by atoms with E-state index in [9.17, 15) is 14.0 Å². The zero-order valence-corrected chi connectivity index (χ0v) is 14.8. The van der Waals surface area contributed by atoms with Crippen molar-refractivity contribution in [3.05, 3.63) is 35.6 Å². The van der Waals surface area contributed by atoms with Crippen LogP contribution in [0.3, 0.4) is 0 Å². The normalized spacial score (nSPS) is 16.1. The lowest BCUT2D eigenvalue weighted by Crippen LogP contribution is -2.43. The molecule has 3 N–H and O–H groups in total. The molecule has 1 aliphatic rings. The Hall–Kier alpha value is -2.11. The molecule has 6 heteroatoms. The summed E-state index contributed by atoms with van der Waals surface area (Å²) in [6.45, 7) is 2.33. The van der Waals surface area contributed by atoms with E-state index in [2.05, 4.69) is 16.0 Å². The minimum Gasteiger partial charge on any atom is -0.350 e. The van der Waals surface area contributed by atoms with Gasteiger partial charge in [-0.2, -0.15) is 0 Å². The van der Waals surface area contributed by atoms with Crippen molar-refractivity contribution in [2.24, 2.45) is 0 Å². The summed E-state index contributed by atoms with van der Waals surface area (Å²) in [4.78, 5) is 23.7. The van der Waals surface area contributed by atoms with Crippen molar-refractivity contribution in [1.82, 2.24) is 16.0 Å². The maximum absolute atomic E-state index is 12.9. The van der Waals surface area contributed by atoms with Gasteiger partial charge < -0.3 is 16.0 Å². The van der Waals surface area contributed by atoms with Crippen molar-refractivity contribution in [2.45, 2.75) is 64.0 Å². The number of benzene rings is 1. The third kappa shape index (κ3) is 7.11. The monoisotopic (exact) mass is 349 g/mol. The van der Waals surface area contributed by atoms with E-state index in [1.54, 1.807) is 12.1 Å². The standard InChI is InChI=1S/C19H28FN3O2/c1-14(15-9-11-16(20)12-10-15)22-18(24)8-5-13-21-19(25)23-17-6-3-2-4-7-17/h9-12,14,17H,2-8,13H2,1H3,(H,22,24)(H2,21,23,25). The van der Waals surface area contributed by atoms with Crippen LogP contribution in [-0.4, -0.2) is 24.5 Å². The Labute approximate surface area is 148 Å². The molecule has 1 aliphatic carbocycles. The second-order valence-corrected chi connectivity index (χ2v) is 6.68. The number of nitrogens with one attached hydrogen (secondary N) is 3. The van der Waals surface area contributed by atoms with Crippen LogP contribution >= 0.6 is 0 Å². The molecule has 0 spiro atoms. The molecule has 1 saturated carbocycles. The van der Waals surface area contributed by atoms with E-state index in [1.807, 2.05) is 6.92 Å². The average Bonchev–Trinajstić information content (AvgIpc) is 2.60. The Morgan fingerprint density at radius 2 is 1.84 bits per heavy atom. The highest BCUT2D eigenvalue weighted by Gasteiger charge is 2.15. The summed E-state index contributed by atoms with van der Waals surface area (Å²) in [5.41, 5.74) is 0.861. The fourth-order valence-electron chi connectivity index (χ4n) is 3.08. The highest BCUT2D eigenvalue weighted by atomic mass is 19.1. The number of rotatable bonds is 7.